The van der Waals surface area contributed by atoms with Gasteiger partial charge in [-0.3, -0.25) is 0 Å². The van der Waals surface area contributed by atoms with Crippen molar-refractivity contribution in [3.05, 3.63) is 60.4 Å². The predicted octanol–water partition coefficient (Wildman–Crippen LogP) is 8.38. The van der Waals surface area contributed by atoms with Crippen molar-refractivity contribution in [3.8, 4) is 5.69 Å². The van der Waals surface area contributed by atoms with Crippen molar-refractivity contribution >= 4 is 0 Å². The Bertz CT molecular complexity index is 602. The van der Waals surface area contributed by atoms with E-state index in [1.54, 1.807) is 0 Å². The van der Waals surface area contributed by atoms with E-state index in [0.717, 1.165) is 0 Å². The molecule has 0 aliphatic carbocycles. The number of rotatable bonds is 17. The van der Waals surface area contributed by atoms with Gasteiger partial charge in [0.25, 0.3) is 0 Å². The van der Waals surface area contributed by atoms with Crippen molar-refractivity contribution in [1.82, 2.24) is 0 Å². The van der Waals surface area contributed by atoms with Gasteiger partial charge in [-0.2, -0.15) is 4.57 Å². The second-order valence-electron chi connectivity index (χ2n) is 8.65. The normalized spacial score (nSPS) is 11.1. The quantitative estimate of drug-likeness (QED) is 0.187. The van der Waals surface area contributed by atoms with Crippen LogP contribution in [0.3, 0.4) is 0 Å². The van der Waals surface area contributed by atoms with Gasteiger partial charge >= 0.3 is 0 Å². The summed E-state index contributed by atoms with van der Waals surface area (Å²) in [7, 11) is 0. The molecule has 1 aromatic carbocycles. The minimum absolute atomic E-state index is 1.22. The van der Waals surface area contributed by atoms with E-state index in [0.29, 0.717) is 0 Å². The Labute approximate surface area is 180 Å². The highest BCUT2D eigenvalue weighted by Crippen LogP contribution is 2.14. The predicted molar refractivity (Wildman–Crippen MR) is 127 cm³/mol. The van der Waals surface area contributed by atoms with Crippen LogP contribution >= 0.6 is 0 Å². The standard InChI is InChI=1S/C28H44N/c1-2-3-4-5-6-7-8-9-10-11-12-13-14-15-17-20-27-23-25-29(26-24-27)28-21-18-16-19-22-28/h16,18-19,21-26H,2-15,17,20H2,1H3/q+1. The Morgan fingerprint density at radius 2 is 0.966 bits per heavy atom. The first-order valence-electron chi connectivity index (χ1n) is 12.5. The summed E-state index contributed by atoms with van der Waals surface area (Å²) in [6.45, 7) is 2.30. The van der Waals surface area contributed by atoms with Crippen LogP contribution in [0.15, 0.2) is 54.9 Å². The first-order valence-corrected chi connectivity index (χ1v) is 12.5. The van der Waals surface area contributed by atoms with Crippen LogP contribution < -0.4 is 4.57 Å². The third-order valence-corrected chi connectivity index (χ3v) is 6.02. The van der Waals surface area contributed by atoms with Crippen LogP contribution in [0.5, 0.6) is 0 Å². The van der Waals surface area contributed by atoms with Gasteiger partial charge in [-0.1, -0.05) is 115 Å². The highest BCUT2D eigenvalue weighted by molar-refractivity contribution is 5.21. The topological polar surface area (TPSA) is 3.88 Å². The summed E-state index contributed by atoms with van der Waals surface area (Å²) >= 11 is 0. The van der Waals surface area contributed by atoms with Crippen molar-refractivity contribution in [2.75, 3.05) is 0 Å². The maximum Gasteiger partial charge on any atom is 0.210 e. The van der Waals surface area contributed by atoms with Crippen molar-refractivity contribution in [2.45, 2.75) is 110 Å². The van der Waals surface area contributed by atoms with Gasteiger partial charge < -0.3 is 0 Å². The van der Waals surface area contributed by atoms with Gasteiger partial charge in [0.05, 0.1) is 0 Å². The maximum atomic E-state index is 2.30. The van der Waals surface area contributed by atoms with Gasteiger partial charge in [-0.25, -0.2) is 0 Å². The fourth-order valence-corrected chi connectivity index (χ4v) is 4.10. The van der Waals surface area contributed by atoms with Crippen molar-refractivity contribution in [2.24, 2.45) is 0 Å². The summed E-state index contributed by atoms with van der Waals surface area (Å²) in [6.07, 6.45) is 27.1. The van der Waals surface area contributed by atoms with E-state index in [9.17, 15) is 0 Å². The second kappa shape index (κ2) is 16.2. The van der Waals surface area contributed by atoms with Gasteiger partial charge in [0.15, 0.2) is 12.4 Å². The van der Waals surface area contributed by atoms with Crippen molar-refractivity contribution < 1.29 is 4.57 Å². The Morgan fingerprint density at radius 1 is 0.517 bits per heavy atom. The second-order valence-corrected chi connectivity index (χ2v) is 8.65. The molecule has 0 fully saturated rings. The van der Waals surface area contributed by atoms with Gasteiger partial charge in [0, 0.05) is 24.3 Å². The SMILES string of the molecule is CCCCCCCCCCCCCCCCCc1cc[n+](-c2ccccc2)cc1. The number of hydrogen-bond acceptors (Lipinski definition) is 0. The smallest absolute Gasteiger partial charge is 0.167 e. The summed E-state index contributed by atoms with van der Waals surface area (Å²) in [6, 6.07) is 15.1. The van der Waals surface area contributed by atoms with E-state index < -0.39 is 0 Å². The monoisotopic (exact) mass is 394 g/mol. The Hall–Kier alpha value is -1.63. The molecule has 0 bridgehead atoms. The minimum atomic E-state index is 1.22. The Kier molecular flexibility index (Phi) is 13.2. The molecule has 0 amide bonds. The Balaban J connectivity index is 1.39. The zero-order chi connectivity index (χ0) is 20.4. The van der Waals surface area contributed by atoms with E-state index in [1.165, 1.54) is 114 Å². The van der Waals surface area contributed by atoms with Gasteiger partial charge in [0.2, 0.25) is 5.69 Å². The average Bonchev–Trinajstić information content (AvgIpc) is 2.77. The molecule has 160 valence electrons. The molecule has 1 aromatic heterocycles. The molecule has 0 spiro atoms. The zero-order valence-corrected chi connectivity index (χ0v) is 19.0. The van der Waals surface area contributed by atoms with Crippen LogP contribution in [-0.2, 0) is 6.42 Å². The molecule has 2 aromatic rings. The number of pyridine rings is 1. The van der Waals surface area contributed by atoms with Crippen LogP contribution in [0, 0.1) is 0 Å². The summed E-state index contributed by atoms with van der Waals surface area (Å²) in [5, 5.41) is 0. The molecule has 29 heavy (non-hydrogen) atoms. The van der Waals surface area contributed by atoms with Gasteiger partial charge in [0.1, 0.15) is 0 Å². The third kappa shape index (κ3) is 11.2. The molecule has 0 unspecified atom stereocenters. The van der Waals surface area contributed by atoms with Gasteiger partial charge in [-0.15, -0.1) is 0 Å². The summed E-state index contributed by atoms with van der Waals surface area (Å²) in [4.78, 5) is 0. The fraction of sp³-hybridized carbons (Fsp3) is 0.607. The molecular formula is C28H44N+. The average molecular weight is 395 g/mol. The molecule has 1 heterocycles. The van der Waals surface area contributed by atoms with E-state index in [4.69, 9.17) is 0 Å². The lowest BCUT2D eigenvalue weighted by Crippen LogP contribution is -2.29. The third-order valence-electron chi connectivity index (χ3n) is 6.02. The van der Waals surface area contributed by atoms with Crippen LogP contribution in [0.2, 0.25) is 0 Å². The molecule has 0 N–H and O–H groups in total. The fourth-order valence-electron chi connectivity index (χ4n) is 4.10. The highest BCUT2D eigenvalue weighted by atomic mass is 14.9. The molecule has 1 nitrogen and oxygen atoms in total. The molecule has 2 rings (SSSR count). The minimum Gasteiger partial charge on any atom is -0.167 e. The summed E-state index contributed by atoms with van der Waals surface area (Å²) in [5.74, 6) is 0. The molecule has 0 aliphatic heterocycles. The number of hydrogen-bond donors (Lipinski definition) is 0. The van der Waals surface area contributed by atoms with E-state index >= 15 is 0 Å². The first kappa shape index (κ1) is 23.6. The largest absolute Gasteiger partial charge is 0.210 e. The Morgan fingerprint density at radius 3 is 1.45 bits per heavy atom. The highest BCUT2D eigenvalue weighted by Gasteiger charge is 2.04. The zero-order valence-electron chi connectivity index (χ0n) is 19.0. The number of nitrogens with zero attached hydrogens (tertiary/aromatic N) is 1. The van der Waals surface area contributed by atoms with Gasteiger partial charge in [-0.05, 0) is 18.4 Å². The van der Waals surface area contributed by atoms with E-state index in [1.807, 2.05) is 0 Å². The van der Waals surface area contributed by atoms with Crippen LogP contribution in [0.25, 0.3) is 5.69 Å². The molecule has 0 saturated carbocycles. The van der Waals surface area contributed by atoms with E-state index in [2.05, 4.69) is 66.3 Å². The van der Waals surface area contributed by atoms with Crippen molar-refractivity contribution in [3.63, 3.8) is 0 Å². The molecule has 0 radical (unpaired) electrons. The molecule has 0 atom stereocenters. The number of unbranched alkanes of at least 4 members (excludes halogenated alkanes) is 14. The molecule has 1 heteroatoms. The lowest BCUT2D eigenvalue weighted by molar-refractivity contribution is -0.595. The van der Waals surface area contributed by atoms with Crippen LogP contribution in [0.4, 0.5) is 0 Å². The molecular weight excluding hydrogens is 350 g/mol. The summed E-state index contributed by atoms with van der Waals surface area (Å²) < 4.78 is 2.19. The number of benzene rings is 1. The lowest BCUT2D eigenvalue weighted by Gasteiger charge is -2.04. The maximum absolute atomic E-state index is 2.30. The first-order chi connectivity index (χ1) is 14.4. The molecule has 0 aliphatic rings. The lowest BCUT2D eigenvalue weighted by atomic mass is 10.0. The number of aromatic nitrogens is 1. The number of aryl methyl sites for hydroxylation is 1. The van der Waals surface area contributed by atoms with Crippen molar-refractivity contribution in [1.29, 1.82) is 0 Å². The molecule has 0 saturated heterocycles. The van der Waals surface area contributed by atoms with Crippen LogP contribution in [0.1, 0.15) is 109 Å². The van der Waals surface area contributed by atoms with Crippen LogP contribution in [-0.4, -0.2) is 0 Å². The number of para-hydroxylation sites is 1. The summed E-state index contributed by atoms with van der Waals surface area (Å²) in [5.41, 5.74) is 2.69. The van der Waals surface area contributed by atoms with E-state index in [-0.39, 0.29) is 0 Å².